The third-order valence-electron chi connectivity index (χ3n) is 2.73. The first-order chi connectivity index (χ1) is 5.92. The minimum Gasteiger partial charge on any atom is -0.380 e. The fourth-order valence-electron chi connectivity index (χ4n) is 1.95. The fraction of sp³-hybridized carbons (Fsp3) is 1.00. The molecule has 0 aromatic rings. The molecule has 0 bridgehead atoms. The van der Waals surface area contributed by atoms with E-state index in [-0.39, 0.29) is 0 Å². The summed E-state index contributed by atoms with van der Waals surface area (Å²) in [6.45, 7) is 2.91. The van der Waals surface area contributed by atoms with E-state index in [0.717, 1.165) is 31.7 Å². The van der Waals surface area contributed by atoms with Crippen molar-refractivity contribution >= 4 is 11.6 Å². The van der Waals surface area contributed by atoms with E-state index in [2.05, 4.69) is 4.90 Å². The topological polar surface area (TPSA) is 12.5 Å². The van der Waals surface area contributed by atoms with Crippen LogP contribution in [0.3, 0.4) is 0 Å². The summed E-state index contributed by atoms with van der Waals surface area (Å²) in [5, 5.41) is 0. The summed E-state index contributed by atoms with van der Waals surface area (Å²) in [6.07, 6.45) is 3.94. The van der Waals surface area contributed by atoms with E-state index in [1.807, 2.05) is 0 Å². The number of hydrogen-bond donors (Lipinski definition) is 0. The highest BCUT2D eigenvalue weighted by Crippen LogP contribution is 2.30. The zero-order valence-electron chi connectivity index (χ0n) is 7.34. The number of halogens is 1. The van der Waals surface area contributed by atoms with E-state index in [9.17, 15) is 0 Å². The van der Waals surface area contributed by atoms with Gasteiger partial charge in [0.1, 0.15) is 0 Å². The molecule has 0 aromatic carbocycles. The lowest BCUT2D eigenvalue weighted by molar-refractivity contribution is 0.143. The van der Waals surface area contributed by atoms with Crippen molar-refractivity contribution in [3.05, 3.63) is 0 Å². The van der Waals surface area contributed by atoms with Gasteiger partial charge in [0.05, 0.1) is 6.61 Å². The molecule has 2 nitrogen and oxygen atoms in total. The van der Waals surface area contributed by atoms with E-state index in [1.54, 1.807) is 0 Å². The summed E-state index contributed by atoms with van der Waals surface area (Å²) in [4.78, 5) is 2.54. The molecule has 1 saturated carbocycles. The van der Waals surface area contributed by atoms with Crippen molar-refractivity contribution in [3.63, 3.8) is 0 Å². The van der Waals surface area contributed by atoms with Gasteiger partial charge in [-0.05, 0) is 19.3 Å². The van der Waals surface area contributed by atoms with E-state index < -0.39 is 0 Å². The van der Waals surface area contributed by atoms with Crippen LogP contribution in [0.1, 0.15) is 19.3 Å². The van der Waals surface area contributed by atoms with Crippen molar-refractivity contribution in [1.82, 2.24) is 4.90 Å². The number of nitrogens with zero attached hydrogens (tertiary/aromatic N) is 1. The third-order valence-corrected chi connectivity index (χ3v) is 2.90. The zero-order valence-corrected chi connectivity index (χ0v) is 8.09. The number of rotatable bonds is 4. The molecule has 0 radical (unpaired) electrons. The van der Waals surface area contributed by atoms with Gasteiger partial charge >= 0.3 is 0 Å². The molecule has 1 heterocycles. The SMILES string of the molecule is ClCCN(C1CC1)C1CCOC1. The molecule has 0 N–H and O–H groups in total. The van der Waals surface area contributed by atoms with Crippen LogP contribution in [0, 0.1) is 0 Å². The predicted molar refractivity (Wildman–Crippen MR) is 49.7 cm³/mol. The molecule has 2 aliphatic rings. The van der Waals surface area contributed by atoms with Crippen LogP contribution in [0.25, 0.3) is 0 Å². The van der Waals surface area contributed by atoms with Crippen molar-refractivity contribution < 1.29 is 4.74 Å². The van der Waals surface area contributed by atoms with E-state index >= 15 is 0 Å². The number of alkyl halides is 1. The minimum atomic E-state index is 0.663. The van der Waals surface area contributed by atoms with Crippen LogP contribution >= 0.6 is 11.6 Å². The van der Waals surface area contributed by atoms with Crippen LogP contribution in [0.15, 0.2) is 0 Å². The summed E-state index contributed by atoms with van der Waals surface area (Å²) in [7, 11) is 0. The van der Waals surface area contributed by atoms with Crippen molar-refractivity contribution in [2.45, 2.75) is 31.3 Å². The molecule has 1 atom stereocenters. The van der Waals surface area contributed by atoms with Gasteiger partial charge in [-0.25, -0.2) is 0 Å². The Morgan fingerprint density at radius 2 is 2.08 bits per heavy atom. The summed E-state index contributed by atoms with van der Waals surface area (Å²) in [5.41, 5.74) is 0. The molecule has 70 valence electrons. The molecule has 2 rings (SSSR count). The van der Waals surface area contributed by atoms with Gasteiger partial charge in [0.15, 0.2) is 0 Å². The molecule has 0 spiro atoms. The second-order valence-electron chi connectivity index (χ2n) is 3.68. The third kappa shape index (κ3) is 1.93. The van der Waals surface area contributed by atoms with Gasteiger partial charge in [-0.15, -0.1) is 11.6 Å². The maximum Gasteiger partial charge on any atom is 0.0622 e. The van der Waals surface area contributed by atoms with Gasteiger partial charge < -0.3 is 4.74 Å². The van der Waals surface area contributed by atoms with Crippen LogP contribution in [-0.4, -0.2) is 42.6 Å². The quantitative estimate of drug-likeness (QED) is 0.622. The Hall–Kier alpha value is 0.210. The summed E-state index contributed by atoms with van der Waals surface area (Å²) < 4.78 is 5.38. The maximum absolute atomic E-state index is 5.76. The first-order valence-electron chi connectivity index (χ1n) is 4.81. The van der Waals surface area contributed by atoms with E-state index in [0.29, 0.717) is 6.04 Å². The highest BCUT2D eigenvalue weighted by atomic mass is 35.5. The van der Waals surface area contributed by atoms with E-state index in [4.69, 9.17) is 16.3 Å². The van der Waals surface area contributed by atoms with Gasteiger partial charge in [0, 0.05) is 31.1 Å². The van der Waals surface area contributed by atoms with Crippen molar-refractivity contribution in [2.24, 2.45) is 0 Å². The molecule has 1 aliphatic carbocycles. The lowest BCUT2D eigenvalue weighted by Gasteiger charge is -2.26. The second-order valence-corrected chi connectivity index (χ2v) is 4.05. The second kappa shape index (κ2) is 3.95. The van der Waals surface area contributed by atoms with Gasteiger partial charge in [0.25, 0.3) is 0 Å². The van der Waals surface area contributed by atoms with Gasteiger partial charge in [0.2, 0.25) is 0 Å². The fourth-order valence-corrected chi connectivity index (χ4v) is 2.15. The monoisotopic (exact) mass is 189 g/mol. The molecule has 12 heavy (non-hydrogen) atoms. The van der Waals surface area contributed by atoms with Crippen LogP contribution in [0.2, 0.25) is 0 Å². The highest BCUT2D eigenvalue weighted by Gasteiger charge is 2.34. The molecule has 0 amide bonds. The Balaban J connectivity index is 1.85. The van der Waals surface area contributed by atoms with Gasteiger partial charge in [-0.2, -0.15) is 0 Å². The van der Waals surface area contributed by atoms with E-state index in [1.165, 1.54) is 19.3 Å². The van der Waals surface area contributed by atoms with Crippen molar-refractivity contribution in [1.29, 1.82) is 0 Å². The average Bonchev–Trinajstić information content (AvgIpc) is 2.77. The molecule has 1 aliphatic heterocycles. The Morgan fingerprint density at radius 1 is 1.25 bits per heavy atom. The Labute approximate surface area is 78.8 Å². The molecule has 3 heteroatoms. The Kier molecular flexibility index (Phi) is 2.89. The van der Waals surface area contributed by atoms with Crippen LogP contribution in [0.5, 0.6) is 0 Å². The minimum absolute atomic E-state index is 0.663. The number of ether oxygens (including phenoxy) is 1. The summed E-state index contributed by atoms with van der Waals surface area (Å²) >= 11 is 5.76. The molecular formula is C9H16ClNO. The standard InChI is InChI=1S/C9H16ClNO/c10-4-5-11(8-1-2-8)9-3-6-12-7-9/h8-9H,1-7H2. The summed E-state index contributed by atoms with van der Waals surface area (Å²) in [6, 6.07) is 1.49. The number of hydrogen-bond acceptors (Lipinski definition) is 2. The molecule has 1 unspecified atom stereocenters. The predicted octanol–water partition coefficient (Wildman–Crippen LogP) is 1.48. The average molecular weight is 190 g/mol. The van der Waals surface area contributed by atoms with Crippen molar-refractivity contribution in [3.8, 4) is 0 Å². The van der Waals surface area contributed by atoms with Crippen LogP contribution < -0.4 is 0 Å². The molecular weight excluding hydrogens is 174 g/mol. The normalized spacial score (nSPS) is 30.0. The Bertz CT molecular complexity index is 143. The lowest BCUT2D eigenvalue weighted by Crippen LogP contribution is -2.38. The summed E-state index contributed by atoms with van der Waals surface area (Å²) in [5.74, 6) is 0.757. The van der Waals surface area contributed by atoms with Gasteiger partial charge in [-0.1, -0.05) is 0 Å². The van der Waals surface area contributed by atoms with Crippen LogP contribution in [-0.2, 0) is 4.74 Å². The molecule has 2 fully saturated rings. The molecule has 1 saturated heterocycles. The Morgan fingerprint density at radius 3 is 2.58 bits per heavy atom. The first kappa shape index (κ1) is 8.79. The zero-order chi connectivity index (χ0) is 8.39. The highest BCUT2D eigenvalue weighted by molar-refractivity contribution is 6.18. The lowest BCUT2D eigenvalue weighted by atomic mass is 10.2. The largest absolute Gasteiger partial charge is 0.380 e. The maximum atomic E-state index is 5.76. The van der Waals surface area contributed by atoms with Crippen molar-refractivity contribution in [2.75, 3.05) is 25.6 Å². The smallest absolute Gasteiger partial charge is 0.0622 e. The molecule has 0 aromatic heterocycles. The van der Waals surface area contributed by atoms with Crippen LogP contribution in [0.4, 0.5) is 0 Å². The first-order valence-corrected chi connectivity index (χ1v) is 5.34. The van der Waals surface area contributed by atoms with Gasteiger partial charge in [-0.3, -0.25) is 4.90 Å².